The maximum Gasteiger partial charge on any atom is 0.168 e. The molecule has 0 aliphatic rings. The zero-order valence-corrected chi connectivity index (χ0v) is 18.9. The number of hydrogen-bond acceptors (Lipinski definition) is 2. The first-order valence-electron chi connectivity index (χ1n) is 11.2. The van der Waals surface area contributed by atoms with Crippen LogP contribution in [0.25, 0.3) is 44.6 Å². The van der Waals surface area contributed by atoms with Crippen molar-refractivity contribution in [2.75, 3.05) is 0 Å². The Bertz CT molecular complexity index is 1560. The molecular formula is C29H24N4. The van der Waals surface area contributed by atoms with Gasteiger partial charge in [0.1, 0.15) is 5.82 Å². The van der Waals surface area contributed by atoms with Crippen molar-refractivity contribution in [2.24, 2.45) is 0 Å². The van der Waals surface area contributed by atoms with Gasteiger partial charge in [-0.1, -0.05) is 41.5 Å². The molecule has 6 aromatic rings. The first kappa shape index (κ1) is 19.5. The van der Waals surface area contributed by atoms with Crippen LogP contribution >= 0.6 is 0 Å². The number of nitrogens with zero attached hydrogens (tertiary/aromatic N) is 4. The number of aryl methyl sites for hydroxylation is 3. The molecule has 0 aliphatic heterocycles. The molecule has 0 amide bonds. The minimum Gasteiger partial charge on any atom is -0.309 e. The lowest BCUT2D eigenvalue weighted by Gasteiger charge is -2.11. The Hall–Kier alpha value is -4.18. The summed E-state index contributed by atoms with van der Waals surface area (Å²) in [7, 11) is 0. The van der Waals surface area contributed by atoms with Crippen molar-refractivity contribution < 1.29 is 0 Å². The largest absolute Gasteiger partial charge is 0.309 e. The van der Waals surface area contributed by atoms with Crippen molar-refractivity contribution in [1.29, 1.82) is 0 Å². The lowest BCUT2D eigenvalue weighted by Crippen LogP contribution is -2.00. The number of benzene rings is 4. The quantitative estimate of drug-likeness (QED) is 0.305. The highest BCUT2D eigenvalue weighted by Crippen LogP contribution is 2.34. The average molecular weight is 429 g/mol. The predicted octanol–water partition coefficient (Wildman–Crippen LogP) is 6.96. The van der Waals surface area contributed by atoms with Crippen molar-refractivity contribution in [3.8, 4) is 22.8 Å². The van der Waals surface area contributed by atoms with Gasteiger partial charge in [0.25, 0.3) is 0 Å². The van der Waals surface area contributed by atoms with Crippen molar-refractivity contribution in [1.82, 2.24) is 19.3 Å². The fourth-order valence-electron chi connectivity index (χ4n) is 4.72. The van der Waals surface area contributed by atoms with E-state index in [0.717, 1.165) is 28.6 Å². The molecule has 2 aromatic heterocycles. The molecule has 2 heterocycles. The predicted molar refractivity (Wildman–Crippen MR) is 135 cm³/mol. The standard InChI is InChI=1S/C29H24N4/c1-19-9-15-27-25(17-19)26-18-20(2)10-16-28(26)33(27)24-13-11-22(12-14-24)29-31-30-21(3)32(29)23-7-5-4-6-8-23/h4-18H,1-3H3. The summed E-state index contributed by atoms with van der Waals surface area (Å²) >= 11 is 0. The number of rotatable bonds is 3. The summed E-state index contributed by atoms with van der Waals surface area (Å²) in [6.45, 7) is 6.29. The molecule has 4 aromatic carbocycles. The van der Waals surface area contributed by atoms with E-state index < -0.39 is 0 Å². The topological polar surface area (TPSA) is 35.6 Å². The molecule has 0 unspecified atom stereocenters. The highest BCUT2D eigenvalue weighted by Gasteiger charge is 2.15. The van der Waals surface area contributed by atoms with Gasteiger partial charge < -0.3 is 4.57 Å². The second-order valence-corrected chi connectivity index (χ2v) is 8.67. The van der Waals surface area contributed by atoms with Gasteiger partial charge in [0.2, 0.25) is 0 Å². The Morgan fingerprint density at radius 2 is 1.12 bits per heavy atom. The van der Waals surface area contributed by atoms with Crippen LogP contribution in [0.3, 0.4) is 0 Å². The Kier molecular flexibility index (Phi) is 4.40. The fraction of sp³-hybridized carbons (Fsp3) is 0.103. The molecule has 0 aliphatic carbocycles. The van der Waals surface area contributed by atoms with Crippen LogP contribution < -0.4 is 0 Å². The Labute approximate surface area is 192 Å². The molecule has 0 fully saturated rings. The zero-order valence-electron chi connectivity index (χ0n) is 18.9. The SMILES string of the molecule is Cc1ccc2c(c1)c1cc(C)ccc1n2-c1ccc(-c2nnc(C)n2-c2ccccc2)cc1. The summed E-state index contributed by atoms with van der Waals surface area (Å²) in [5.41, 5.74) is 8.22. The van der Waals surface area contributed by atoms with Gasteiger partial charge in [0, 0.05) is 27.7 Å². The van der Waals surface area contributed by atoms with E-state index in [-0.39, 0.29) is 0 Å². The Morgan fingerprint density at radius 1 is 0.545 bits per heavy atom. The first-order chi connectivity index (χ1) is 16.1. The van der Waals surface area contributed by atoms with Gasteiger partial charge >= 0.3 is 0 Å². The van der Waals surface area contributed by atoms with Gasteiger partial charge in [-0.2, -0.15) is 0 Å². The molecule has 0 atom stereocenters. The molecule has 0 saturated carbocycles. The molecule has 4 nitrogen and oxygen atoms in total. The summed E-state index contributed by atoms with van der Waals surface area (Å²) in [6.07, 6.45) is 0. The molecule has 160 valence electrons. The van der Waals surface area contributed by atoms with Crippen molar-refractivity contribution in [3.63, 3.8) is 0 Å². The van der Waals surface area contributed by atoms with E-state index in [4.69, 9.17) is 0 Å². The van der Waals surface area contributed by atoms with E-state index in [1.807, 2.05) is 25.1 Å². The molecule has 0 bridgehead atoms. The average Bonchev–Trinajstić information content (AvgIpc) is 3.37. The fourth-order valence-corrected chi connectivity index (χ4v) is 4.72. The number of aromatic nitrogens is 4. The van der Waals surface area contributed by atoms with Crippen LogP contribution in [-0.4, -0.2) is 19.3 Å². The normalized spacial score (nSPS) is 11.5. The lowest BCUT2D eigenvalue weighted by atomic mass is 10.1. The summed E-state index contributed by atoms with van der Waals surface area (Å²) in [6, 6.07) is 32.3. The van der Waals surface area contributed by atoms with E-state index in [1.54, 1.807) is 0 Å². The van der Waals surface area contributed by atoms with E-state index in [2.05, 4.69) is 106 Å². The molecule has 0 N–H and O–H groups in total. The van der Waals surface area contributed by atoms with Gasteiger partial charge in [-0.3, -0.25) is 4.57 Å². The van der Waals surface area contributed by atoms with Gasteiger partial charge in [-0.05, 0) is 81.4 Å². The molecular weight excluding hydrogens is 404 g/mol. The van der Waals surface area contributed by atoms with Gasteiger partial charge in [-0.25, -0.2) is 0 Å². The molecule has 4 heteroatoms. The maximum absolute atomic E-state index is 4.48. The second-order valence-electron chi connectivity index (χ2n) is 8.67. The number of para-hydroxylation sites is 1. The molecule has 0 spiro atoms. The van der Waals surface area contributed by atoms with E-state index in [9.17, 15) is 0 Å². The Morgan fingerprint density at radius 3 is 1.73 bits per heavy atom. The molecule has 33 heavy (non-hydrogen) atoms. The highest BCUT2D eigenvalue weighted by molar-refractivity contribution is 6.09. The molecule has 0 saturated heterocycles. The van der Waals surface area contributed by atoms with E-state index >= 15 is 0 Å². The number of hydrogen-bond donors (Lipinski definition) is 0. The molecule has 0 radical (unpaired) electrons. The first-order valence-corrected chi connectivity index (χ1v) is 11.2. The van der Waals surface area contributed by atoms with Crippen molar-refractivity contribution in [2.45, 2.75) is 20.8 Å². The maximum atomic E-state index is 4.48. The third-order valence-corrected chi connectivity index (χ3v) is 6.30. The lowest BCUT2D eigenvalue weighted by molar-refractivity contribution is 0.972. The van der Waals surface area contributed by atoms with Crippen LogP contribution in [0.1, 0.15) is 17.0 Å². The molecule has 6 rings (SSSR count). The van der Waals surface area contributed by atoms with Gasteiger partial charge in [0.05, 0.1) is 11.0 Å². The minimum absolute atomic E-state index is 0.846. The Balaban J connectivity index is 1.51. The highest BCUT2D eigenvalue weighted by atomic mass is 15.3. The third-order valence-electron chi connectivity index (χ3n) is 6.30. The van der Waals surface area contributed by atoms with Crippen LogP contribution in [0, 0.1) is 20.8 Å². The summed E-state index contributed by atoms with van der Waals surface area (Å²) in [4.78, 5) is 0. The number of fused-ring (bicyclic) bond motifs is 3. The van der Waals surface area contributed by atoms with Crippen molar-refractivity contribution >= 4 is 21.8 Å². The van der Waals surface area contributed by atoms with Crippen LogP contribution in [-0.2, 0) is 0 Å². The zero-order chi connectivity index (χ0) is 22.5. The van der Waals surface area contributed by atoms with Crippen LogP contribution in [0.4, 0.5) is 0 Å². The van der Waals surface area contributed by atoms with Crippen LogP contribution in [0.5, 0.6) is 0 Å². The van der Waals surface area contributed by atoms with E-state index in [1.165, 1.54) is 32.9 Å². The summed E-state index contributed by atoms with van der Waals surface area (Å²) in [5, 5.41) is 11.4. The van der Waals surface area contributed by atoms with Gasteiger partial charge in [-0.15, -0.1) is 10.2 Å². The van der Waals surface area contributed by atoms with Crippen LogP contribution in [0.15, 0.2) is 91.0 Å². The minimum atomic E-state index is 0.846. The van der Waals surface area contributed by atoms with Gasteiger partial charge in [0.15, 0.2) is 5.82 Å². The van der Waals surface area contributed by atoms with E-state index in [0.29, 0.717) is 0 Å². The smallest absolute Gasteiger partial charge is 0.168 e. The third kappa shape index (κ3) is 3.14. The second kappa shape index (κ2) is 7.45. The van der Waals surface area contributed by atoms with Crippen molar-refractivity contribution in [3.05, 3.63) is 108 Å². The summed E-state index contributed by atoms with van der Waals surface area (Å²) in [5.74, 6) is 1.71. The monoisotopic (exact) mass is 428 g/mol. The summed E-state index contributed by atoms with van der Waals surface area (Å²) < 4.78 is 4.45. The van der Waals surface area contributed by atoms with Crippen LogP contribution in [0.2, 0.25) is 0 Å².